The molecule has 5 rings (SSSR count). The Balaban J connectivity index is 1.53. The number of piperidine rings is 1. The van der Waals surface area contributed by atoms with Crippen LogP contribution in [0.1, 0.15) is 30.5 Å². The zero-order valence-electron chi connectivity index (χ0n) is 18.8. The number of aromatic nitrogens is 2. The SMILES string of the molecule is COc1ccc(S(=O)(=O)N2CCc3nc(-c4ccccc4)nc(N4CCCCC4)c3C2)cc1. The maximum atomic E-state index is 13.4. The maximum absolute atomic E-state index is 13.4. The summed E-state index contributed by atoms with van der Waals surface area (Å²) < 4.78 is 33.5. The van der Waals surface area contributed by atoms with Gasteiger partial charge in [-0.2, -0.15) is 4.31 Å². The second-order valence-corrected chi connectivity index (χ2v) is 10.4. The van der Waals surface area contributed by atoms with E-state index in [1.165, 1.54) is 6.42 Å². The van der Waals surface area contributed by atoms with Crippen molar-refractivity contribution in [2.75, 3.05) is 31.6 Å². The van der Waals surface area contributed by atoms with Gasteiger partial charge in [-0.15, -0.1) is 0 Å². The Morgan fingerprint density at radius 3 is 2.30 bits per heavy atom. The van der Waals surface area contributed by atoms with Gasteiger partial charge in [0.15, 0.2) is 5.82 Å². The number of anilines is 1. The van der Waals surface area contributed by atoms with E-state index in [1.807, 2.05) is 30.3 Å². The number of hydrogen-bond acceptors (Lipinski definition) is 6. The molecule has 3 heterocycles. The first-order valence-corrected chi connectivity index (χ1v) is 12.8. The van der Waals surface area contributed by atoms with Gasteiger partial charge in [-0.05, 0) is 43.5 Å². The molecule has 2 aliphatic rings. The summed E-state index contributed by atoms with van der Waals surface area (Å²) in [4.78, 5) is 12.4. The monoisotopic (exact) mass is 464 g/mol. The average molecular weight is 465 g/mol. The first-order valence-electron chi connectivity index (χ1n) is 11.4. The van der Waals surface area contributed by atoms with Crippen LogP contribution in [-0.4, -0.2) is 49.4 Å². The number of methoxy groups -OCH3 is 1. The Morgan fingerprint density at radius 2 is 1.61 bits per heavy atom. The van der Waals surface area contributed by atoms with Crippen LogP contribution >= 0.6 is 0 Å². The predicted molar refractivity (Wildman–Crippen MR) is 128 cm³/mol. The molecule has 2 aliphatic heterocycles. The molecule has 2 aromatic carbocycles. The number of sulfonamides is 1. The second-order valence-electron chi connectivity index (χ2n) is 8.47. The van der Waals surface area contributed by atoms with Crippen molar-refractivity contribution < 1.29 is 13.2 Å². The summed E-state index contributed by atoms with van der Waals surface area (Å²) in [6.07, 6.45) is 4.02. The zero-order valence-corrected chi connectivity index (χ0v) is 19.6. The molecule has 7 nitrogen and oxygen atoms in total. The molecule has 1 saturated heterocycles. The summed E-state index contributed by atoms with van der Waals surface area (Å²) in [5.74, 6) is 2.22. The lowest BCUT2D eigenvalue weighted by molar-refractivity contribution is 0.386. The molecule has 33 heavy (non-hydrogen) atoms. The summed E-state index contributed by atoms with van der Waals surface area (Å²) in [5.41, 5.74) is 2.86. The molecule has 0 amide bonds. The van der Waals surface area contributed by atoms with Crippen molar-refractivity contribution in [3.63, 3.8) is 0 Å². The van der Waals surface area contributed by atoms with Gasteiger partial charge in [0, 0.05) is 43.7 Å². The quantitative estimate of drug-likeness (QED) is 0.570. The van der Waals surface area contributed by atoms with Crippen molar-refractivity contribution in [1.29, 1.82) is 0 Å². The molecule has 0 aliphatic carbocycles. The topological polar surface area (TPSA) is 75.6 Å². The smallest absolute Gasteiger partial charge is 0.243 e. The van der Waals surface area contributed by atoms with E-state index in [0.29, 0.717) is 24.5 Å². The minimum absolute atomic E-state index is 0.271. The normalized spacial score (nSPS) is 16.9. The average Bonchev–Trinajstić information content (AvgIpc) is 2.88. The molecule has 0 bridgehead atoms. The molecular weight excluding hydrogens is 436 g/mol. The van der Waals surface area contributed by atoms with E-state index in [0.717, 1.165) is 48.6 Å². The van der Waals surface area contributed by atoms with Crippen LogP contribution in [0.3, 0.4) is 0 Å². The molecule has 172 valence electrons. The summed E-state index contributed by atoms with van der Waals surface area (Å²) >= 11 is 0. The van der Waals surface area contributed by atoms with E-state index >= 15 is 0 Å². The van der Waals surface area contributed by atoms with Crippen LogP contribution < -0.4 is 9.64 Å². The molecule has 0 N–H and O–H groups in total. The Hall–Kier alpha value is -2.97. The van der Waals surface area contributed by atoms with Gasteiger partial charge >= 0.3 is 0 Å². The van der Waals surface area contributed by atoms with Gasteiger partial charge < -0.3 is 9.64 Å². The Labute approximate surface area is 195 Å². The molecule has 3 aromatic rings. The second kappa shape index (κ2) is 9.11. The van der Waals surface area contributed by atoms with E-state index < -0.39 is 10.0 Å². The predicted octanol–water partition coefficient (Wildman–Crippen LogP) is 3.89. The first kappa shape index (κ1) is 21.9. The van der Waals surface area contributed by atoms with E-state index in [9.17, 15) is 8.42 Å². The highest BCUT2D eigenvalue weighted by molar-refractivity contribution is 7.89. The summed E-state index contributed by atoms with van der Waals surface area (Å²) in [7, 11) is -2.07. The largest absolute Gasteiger partial charge is 0.497 e. The van der Waals surface area contributed by atoms with Crippen molar-refractivity contribution >= 4 is 15.8 Å². The van der Waals surface area contributed by atoms with Gasteiger partial charge in [0.2, 0.25) is 10.0 Å². The third-order valence-electron chi connectivity index (χ3n) is 6.39. The lowest BCUT2D eigenvalue weighted by Gasteiger charge is -2.34. The number of rotatable bonds is 5. The van der Waals surface area contributed by atoms with Gasteiger partial charge in [0.25, 0.3) is 0 Å². The number of fused-ring (bicyclic) bond motifs is 1. The van der Waals surface area contributed by atoms with Crippen LogP contribution in [0.2, 0.25) is 0 Å². The number of ether oxygens (including phenoxy) is 1. The third kappa shape index (κ3) is 4.32. The number of benzene rings is 2. The van der Waals surface area contributed by atoms with Crippen LogP contribution in [0.4, 0.5) is 5.82 Å². The lowest BCUT2D eigenvalue weighted by Crippen LogP contribution is -2.39. The molecule has 0 unspecified atom stereocenters. The van der Waals surface area contributed by atoms with Crippen molar-refractivity contribution in [3.05, 3.63) is 65.9 Å². The van der Waals surface area contributed by atoms with E-state index in [2.05, 4.69) is 4.90 Å². The summed E-state index contributed by atoms with van der Waals surface area (Å²) in [6, 6.07) is 16.6. The highest BCUT2D eigenvalue weighted by atomic mass is 32.2. The molecule has 1 aromatic heterocycles. The molecule has 1 fully saturated rings. The Bertz CT molecular complexity index is 1220. The summed E-state index contributed by atoms with van der Waals surface area (Å²) in [6.45, 7) is 2.54. The minimum Gasteiger partial charge on any atom is -0.497 e. The maximum Gasteiger partial charge on any atom is 0.243 e. The van der Waals surface area contributed by atoms with Crippen LogP contribution in [-0.2, 0) is 23.0 Å². The third-order valence-corrected chi connectivity index (χ3v) is 8.25. The Kier molecular flexibility index (Phi) is 6.03. The minimum atomic E-state index is -3.64. The fourth-order valence-electron chi connectivity index (χ4n) is 4.56. The lowest BCUT2D eigenvalue weighted by atomic mass is 10.0. The van der Waals surface area contributed by atoms with Gasteiger partial charge in [-0.25, -0.2) is 18.4 Å². The highest BCUT2D eigenvalue weighted by Gasteiger charge is 2.32. The molecule has 0 radical (unpaired) electrons. The van der Waals surface area contributed by atoms with E-state index in [1.54, 1.807) is 35.7 Å². The van der Waals surface area contributed by atoms with Crippen molar-refractivity contribution in [2.24, 2.45) is 0 Å². The van der Waals surface area contributed by atoms with Crippen molar-refractivity contribution in [3.8, 4) is 17.1 Å². The van der Waals surface area contributed by atoms with Gasteiger partial charge in [0.05, 0.1) is 17.7 Å². The van der Waals surface area contributed by atoms with E-state index in [4.69, 9.17) is 14.7 Å². The van der Waals surface area contributed by atoms with Crippen LogP contribution in [0.5, 0.6) is 5.75 Å². The fourth-order valence-corrected chi connectivity index (χ4v) is 5.97. The molecule has 0 atom stereocenters. The first-order chi connectivity index (χ1) is 16.1. The van der Waals surface area contributed by atoms with Crippen molar-refractivity contribution in [2.45, 2.75) is 37.1 Å². The van der Waals surface area contributed by atoms with Gasteiger partial charge in [0.1, 0.15) is 11.6 Å². The summed E-state index contributed by atoms with van der Waals surface area (Å²) in [5, 5.41) is 0. The number of nitrogens with zero attached hydrogens (tertiary/aromatic N) is 4. The fraction of sp³-hybridized carbons (Fsp3) is 0.360. The van der Waals surface area contributed by atoms with Crippen LogP contribution in [0.15, 0.2) is 59.5 Å². The van der Waals surface area contributed by atoms with Gasteiger partial charge in [-0.1, -0.05) is 30.3 Å². The Morgan fingerprint density at radius 1 is 0.879 bits per heavy atom. The standard InChI is InChI=1S/C25H28N4O3S/c1-32-20-10-12-21(13-11-20)33(30,31)29-17-14-23-22(18-29)25(28-15-6-3-7-16-28)27-24(26-23)19-8-4-2-5-9-19/h2,4-5,8-13H,3,6-7,14-18H2,1H3. The van der Waals surface area contributed by atoms with E-state index in [-0.39, 0.29) is 11.4 Å². The van der Waals surface area contributed by atoms with Gasteiger partial charge in [-0.3, -0.25) is 0 Å². The van der Waals surface area contributed by atoms with Crippen LogP contribution in [0, 0.1) is 0 Å². The molecule has 0 spiro atoms. The molecular formula is C25H28N4O3S. The molecule has 0 saturated carbocycles. The van der Waals surface area contributed by atoms with Crippen molar-refractivity contribution in [1.82, 2.24) is 14.3 Å². The highest BCUT2D eigenvalue weighted by Crippen LogP contribution is 2.33. The number of hydrogen-bond donors (Lipinski definition) is 0. The van der Waals surface area contributed by atoms with Crippen LogP contribution in [0.25, 0.3) is 11.4 Å². The molecule has 8 heteroatoms. The zero-order chi connectivity index (χ0) is 22.8.